The zero-order valence-corrected chi connectivity index (χ0v) is 19.3. The van der Waals surface area contributed by atoms with Crippen molar-refractivity contribution in [2.75, 3.05) is 33.1 Å². The lowest BCUT2D eigenvalue weighted by molar-refractivity contribution is 0.0390. The lowest BCUT2D eigenvalue weighted by Crippen LogP contribution is -2.37. The van der Waals surface area contributed by atoms with Crippen LogP contribution in [0.3, 0.4) is 0 Å². The monoisotopic (exact) mass is 454 g/mol. The summed E-state index contributed by atoms with van der Waals surface area (Å²) in [6, 6.07) is 11.2. The number of benzene rings is 2. The molecule has 3 aromatic rings. The Labute approximate surface area is 192 Å². The first-order valence-electron chi connectivity index (χ1n) is 10.8. The van der Waals surface area contributed by atoms with Crippen molar-refractivity contribution in [2.24, 2.45) is 0 Å². The fraction of sp³-hybridized carbons (Fsp3) is 0.360. The van der Waals surface area contributed by atoms with E-state index in [9.17, 15) is 19.8 Å². The van der Waals surface area contributed by atoms with E-state index in [2.05, 4.69) is 5.32 Å². The van der Waals surface area contributed by atoms with Gasteiger partial charge in [0.25, 0.3) is 5.91 Å². The predicted molar refractivity (Wildman–Crippen MR) is 127 cm³/mol. The van der Waals surface area contributed by atoms with Gasteiger partial charge in [-0.25, -0.2) is 4.79 Å². The molecule has 0 saturated carbocycles. The van der Waals surface area contributed by atoms with E-state index in [1.165, 1.54) is 6.07 Å². The van der Waals surface area contributed by atoms with Crippen LogP contribution in [0, 0.1) is 0 Å². The highest BCUT2D eigenvalue weighted by Gasteiger charge is 2.22. The Morgan fingerprint density at radius 3 is 2.45 bits per heavy atom. The van der Waals surface area contributed by atoms with Gasteiger partial charge in [0.2, 0.25) is 0 Å². The van der Waals surface area contributed by atoms with Crippen molar-refractivity contribution in [1.29, 1.82) is 0 Å². The van der Waals surface area contributed by atoms with Crippen molar-refractivity contribution in [3.05, 3.63) is 69.6 Å². The van der Waals surface area contributed by atoms with Crippen molar-refractivity contribution in [3.8, 4) is 5.75 Å². The summed E-state index contributed by atoms with van der Waals surface area (Å²) >= 11 is 0. The third-order valence-corrected chi connectivity index (χ3v) is 5.65. The maximum absolute atomic E-state index is 12.8. The van der Waals surface area contributed by atoms with Gasteiger partial charge in [-0.2, -0.15) is 0 Å². The summed E-state index contributed by atoms with van der Waals surface area (Å²) in [6.07, 6.45) is 0.634. The van der Waals surface area contributed by atoms with E-state index in [0.29, 0.717) is 34.4 Å². The van der Waals surface area contributed by atoms with Crippen molar-refractivity contribution in [2.45, 2.75) is 31.9 Å². The van der Waals surface area contributed by atoms with E-state index in [-0.39, 0.29) is 12.2 Å². The van der Waals surface area contributed by atoms with Gasteiger partial charge in [0, 0.05) is 16.6 Å². The average Bonchev–Trinajstić information content (AvgIpc) is 2.79. The van der Waals surface area contributed by atoms with Gasteiger partial charge in [0.15, 0.2) is 0 Å². The van der Waals surface area contributed by atoms with Gasteiger partial charge < -0.3 is 29.6 Å². The molecule has 1 amide bonds. The summed E-state index contributed by atoms with van der Waals surface area (Å²) in [4.78, 5) is 27.1. The normalized spacial score (nSPS) is 13.2. The number of amides is 1. The topological polar surface area (TPSA) is 112 Å². The Morgan fingerprint density at radius 2 is 1.88 bits per heavy atom. The molecule has 8 heteroatoms. The lowest BCUT2D eigenvalue weighted by atomic mass is 10.0. The first-order valence-corrected chi connectivity index (χ1v) is 10.8. The molecule has 0 aliphatic carbocycles. The number of aliphatic hydroxyl groups is 2. The van der Waals surface area contributed by atoms with Gasteiger partial charge in [-0.3, -0.25) is 4.79 Å². The molecule has 0 spiro atoms. The number of carbonyl (C=O) groups excluding carboxylic acids is 1. The van der Waals surface area contributed by atoms with Crippen LogP contribution in [0.5, 0.6) is 5.75 Å². The number of hydrogen-bond donors (Lipinski definition) is 3. The summed E-state index contributed by atoms with van der Waals surface area (Å²) in [5.74, 6) is 0.0537. The second-order valence-electron chi connectivity index (χ2n) is 8.10. The summed E-state index contributed by atoms with van der Waals surface area (Å²) in [6.45, 7) is 1.82. The van der Waals surface area contributed by atoms with Crippen LogP contribution in [0.4, 0.5) is 5.69 Å². The van der Waals surface area contributed by atoms with E-state index in [1.54, 1.807) is 62.5 Å². The van der Waals surface area contributed by atoms with E-state index >= 15 is 0 Å². The number of anilines is 1. The third-order valence-electron chi connectivity index (χ3n) is 5.65. The summed E-state index contributed by atoms with van der Waals surface area (Å²) in [7, 11) is 5.11. The van der Waals surface area contributed by atoms with Gasteiger partial charge in [0.1, 0.15) is 16.9 Å². The molecule has 0 saturated heterocycles. The smallest absolute Gasteiger partial charge is 0.349 e. The molecule has 0 radical (unpaired) electrons. The minimum absolute atomic E-state index is 0.104. The van der Waals surface area contributed by atoms with Crippen LogP contribution in [0.15, 0.2) is 51.7 Å². The summed E-state index contributed by atoms with van der Waals surface area (Å²) in [5, 5.41) is 23.3. The minimum Gasteiger partial charge on any atom is -0.496 e. The van der Waals surface area contributed by atoms with Crippen molar-refractivity contribution >= 4 is 22.6 Å². The van der Waals surface area contributed by atoms with Crippen molar-refractivity contribution in [3.63, 3.8) is 0 Å². The predicted octanol–water partition coefficient (Wildman–Crippen LogP) is 2.96. The third kappa shape index (κ3) is 5.24. The van der Waals surface area contributed by atoms with Crippen LogP contribution in [-0.2, 0) is 6.42 Å². The molecule has 3 N–H and O–H groups in total. The van der Waals surface area contributed by atoms with E-state index in [1.807, 2.05) is 6.92 Å². The number of aryl methyl sites for hydroxylation is 1. The van der Waals surface area contributed by atoms with Gasteiger partial charge in [-0.05, 0) is 56.4 Å². The molecule has 3 rings (SSSR count). The largest absolute Gasteiger partial charge is 0.496 e. The van der Waals surface area contributed by atoms with Crippen LogP contribution in [-0.4, -0.2) is 54.9 Å². The minimum atomic E-state index is -0.892. The molecule has 33 heavy (non-hydrogen) atoms. The standard InChI is InChI=1S/C25H30N2O6/c1-5-6-18-21(32-4)12-9-16-13-19(25(31)33-23(16)18)24(30)26-17-10-7-15(8-11-17)22(29)20(14-28)27(2)3/h7-13,20,22,28-29H,5-6,14H2,1-4H3,(H,26,30)/t20-,22-/m0/s1. The molecular formula is C25H30N2O6. The first kappa shape index (κ1) is 24.4. The molecule has 1 heterocycles. The fourth-order valence-corrected chi connectivity index (χ4v) is 3.79. The molecule has 2 atom stereocenters. The van der Waals surface area contributed by atoms with Crippen LogP contribution < -0.4 is 15.7 Å². The molecule has 0 bridgehead atoms. The maximum Gasteiger partial charge on any atom is 0.349 e. The molecule has 2 aromatic carbocycles. The van der Waals surface area contributed by atoms with Gasteiger partial charge in [0.05, 0.1) is 25.9 Å². The fourth-order valence-electron chi connectivity index (χ4n) is 3.79. The van der Waals surface area contributed by atoms with Crippen LogP contribution in [0.1, 0.15) is 40.9 Å². The highest BCUT2D eigenvalue weighted by Crippen LogP contribution is 2.29. The van der Waals surface area contributed by atoms with Crippen LogP contribution >= 0.6 is 0 Å². The second kappa shape index (κ2) is 10.6. The molecule has 0 fully saturated rings. The number of nitrogens with zero attached hydrogens (tertiary/aromatic N) is 1. The molecule has 1 aromatic heterocycles. The van der Waals surface area contributed by atoms with Crippen molar-refractivity contribution < 1.29 is 24.2 Å². The number of carbonyl (C=O) groups is 1. The molecular weight excluding hydrogens is 424 g/mol. The van der Waals surface area contributed by atoms with Gasteiger partial charge in [-0.1, -0.05) is 25.5 Å². The number of likely N-dealkylation sites (N-methyl/N-ethyl adjacent to an activating group) is 1. The molecule has 0 aliphatic heterocycles. The molecule has 0 unspecified atom stereocenters. The Bertz CT molecular complexity index is 1170. The Balaban J connectivity index is 1.85. The number of methoxy groups -OCH3 is 1. The van der Waals surface area contributed by atoms with Crippen LogP contribution in [0.25, 0.3) is 11.0 Å². The maximum atomic E-state index is 12.8. The van der Waals surface area contributed by atoms with Gasteiger partial charge >= 0.3 is 5.63 Å². The van der Waals surface area contributed by atoms with Crippen molar-refractivity contribution in [1.82, 2.24) is 4.90 Å². The summed E-state index contributed by atoms with van der Waals surface area (Å²) < 4.78 is 10.9. The highest BCUT2D eigenvalue weighted by molar-refractivity contribution is 6.05. The highest BCUT2D eigenvalue weighted by atomic mass is 16.5. The van der Waals surface area contributed by atoms with E-state index < -0.39 is 23.7 Å². The Hall–Kier alpha value is -3.20. The Morgan fingerprint density at radius 1 is 1.18 bits per heavy atom. The molecule has 0 aliphatic rings. The molecule has 8 nitrogen and oxygen atoms in total. The SMILES string of the molecule is CCCc1c(OC)ccc2cc(C(=O)Nc3ccc([C@H](O)[C@H](CO)N(C)C)cc3)c(=O)oc12. The summed E-state index contributed by atoms with van der Waals surface area (Å²) in [5.41, 5.74) is 1.46. The van der Waals surface area contributed by atoms with Gasteiger partial charge in [-0.15, -0.1) is 0 Å². The Kier molecular flexibility index (Phi) is 7.86. The van der Waals surface area contributed by atoms with Crippen LogP contribution in [0.2, 0.25) is 0 Å². The number of aliphatic hydroxyl groups excluding tert-OH is 2. The van der Waals surface area contributed by atoms with E-state index in [4.69, 9.17) is 9.15 Å². The number of hydrogen-bond acceptors (Lipinski definition) is 7. The first-order chi connectivity index (χ1) is 15.8. The number of nitrogens with one attached hydrogen (secondary N) is 1. The number of ether oxygens (including phenoxy) is 1. The second-order valence-corrected chi connectivity index (χ2v) is 8.10. The average molecular weight is 455 g/mol. The molecule has 176 valence electrons. The zero-order chi connectivity index (χ0) is 24.1. The quantitative estimate of drug-likeness (QED) is 0.426. The number of fused-ring (bicyclic) bond motifs is 1. The number of rotatable bonds is 9. The van der Waals surface area contributed by atoms with E-state index in [0.717, 1.165) is 12.0 Å². The zero-order valence-electron chi connectivity index (χ0n) is 19.3. The lowest BCUT2D eigenvalue weighted by Gasteiger charge is -2.27.